The minimum absolute atomic E-state index is 0.0230. The molecule has 0 aliphatic carbocycles. The number of halogens is 1. The Morgan fingerprint density at radius 2 is 2.00 bits per heavy atom. The Balaban J connectivity index is 1.74. The molecule has 1 aromatic rings. The second-order valence-corrected chi connectivity index (χ2v) is 8.54. The zero-order chi connectivity index (χ0) is 18.0. The molecule has 1 aromatic carbocycles. The topological polar surface area (TPSA) is 49.9 Å². The maximum atomic E-state index is 13.1. The highest BCUT2D eigenvalue weighted by Gasteiger charge is 2.47. The molecule has 0 N–H and O–H groups in total. The van der Waals surface area contributed by atoms with Crippen LogP contribution in [0.5, 0.6) is 5.75 Å². The van der Waals surface area contributed by atoms with Crippen molar-refractivity contribution in [2.24, 2.45) is 0 Å². The third-order valence-electron chi connectivity index (χ3n) is 4.94. The Hall–Kier alpha value is -1.40. The lowest BCUT2D eigenvalue weighted by Gasteiger charge is -2.44. The third kappa shape index (κ3) is 3.60. The summed E-state index contributed by atoms with van der Waals surface area (Å²) in [5.74, 6) is 1.62. The van der Waals surface area contributed by atoms with Gasteiger partial charge in [-0.3, -0.25) is 9.59 Å². The van der Waals surface area contributed by atoms with Crippen molar-refractivity contribution < 1.29 is 14.3 Å². The second kappa shape index (κ2) is 7.46. The second-order valence-electron chi connectivity index (χ2n) is 6.42. The molecular formula is C18H23ClN2O3S. The van der Waals surface area contributed by atoms with E-state index in [1.54, 1.807) is 20.1 Å². The quantitative estimate of drug-likeness (QED) is 0.754. The third-order valence-corrected chi connectivity index (χ3v) is 6.68. The molecule has 2 heterocycles. The molecule has 0 aromatic heterocycles. The Morgan fingerprint density at radius 1 is 1.28 bits per heavy atom. The molecule has 1 atom stereocenters. The van der Waals surface area contributed by atoms with E-state index in [0.29, 0.717) is 24.4 Å². The molecule has 136 valence electrons. The summed E-state index contributed by atoms with van der Waals surface area (Å²) in [5, 5.41) is -0.500. The van der Waals surface area contributed by atoms with Gasteiger partial charge < -0.3 is 14.5 Å². The maximum Gasteiger partial charge on any atom is 0.255 e. The molecule has 2 amide bonds. The van der Waals surface area contributed by atoms with Gasteiger partial charge in [-0.15, -0.1) is 23.4 Å². The van der Waals surface area contributed by atoms with Crippen LogP contribution in [-0.2, 0) is 4.79 Å². The molecule has 7 heteroatoms. The van der Waals surface area contributed by atoms with E-state index in [9.17, 15) is 9.59 Å². The molecule has 5 nitrogen and oxygen atoms in total. The zero-order valence-corrected chi connectivity index (χ0v) is 16.1. The van der Waals surface area contributed by atoms with Gasteiger partial charge in [0.25, 0.3) is 5.91 Å². The molecule has 0 unspecified atom stereocenters. The molecule has 0 bridgehead atoms. The van der Waals surface area contributed by atoms with Gasteiger partial charge in [-0.2, -0.15) is 0 Å². The Kier molecular flexibility index (Phi) is 5.49. The fourth-order valence-electron chi connectivity index (χ4n) is 3.55. The average molecular weight is 383 g/mol. The number of methoxy groups -OCH3 is 1. The van der Waals surface area contributed by atoms with E-state index in [-0.39, 0.29) is 16.7 Å². The standard InChI is InChI=1S/C18H23ClN2O3S/c1-13(19)16(22)20-8-6-18(7-9-20)21(10-11-25-18)17(23)14-4-3-5-15(12-14)24-2/h3-5,12-13H,6-11H2,1-2H3/t13-/m0/s1. The van der Waals surface area contributed by atoms with Crippen molar-refractivity contribution in [3.63, 3.8) is 0 Å². The monoisotopic (exact) mass is 382 g/mol. The highest BCUT2D eigenvalue weighted by Crippen LogP contribution is 2.44. The summed E-state index contributed by atoms with van der Waals surface area (Å²) in [7, 11) is 1.60. The van der Waals surface area contributed by atoms with Crippen molar-refractivity contribution in [3.8, 4) is 5.75 Å². The molecule has 2 aliphatic heterocycles. The van der Waals surface area contributed by atoms with Gasteiger partial charge in [-0.25, -0.2) is 0 Å². The highest BCUT2D eigenvalue weighted by atomic mass is 35.5. The lowest BCUT2D eigenvalue weighted by molar-refractivity contribution is -0.132. The fourth-order valence-corrected chi connectivity index (χ4v) is 5.14. The Morgan fingerprint density at radius 3 is 2.64 bits per heavy atom. The first kappa shape index (κ1) is 18.4. The number of ether oxygens (including phenoxy) is 1. The number of amides is 2. The fraction of sp³-hybridized carbons (Fsp3) is 0.556. The molecule has 0 saturated carbocycles. The molecule has 2 saturated heterocycles. The van der Waals surface area contributed by atoms with Gasteiger partial charge in [0, 0.05) is 31.0 Å². The van der Waals surface area contributed by atoms with Gasteiger partial charge in [0.05, 0.1) is 12.0 Å². The summed E-state index contributed by atoms with van der Waals surface area (Å²) in [4.78, 5) is 28.8. The van der Waals surface area contributed by atoms with Gasteiger partial charge >= 0.3 is 0 Å². The number of alkyl halides is 1. The summed E-state index contributed by atoms with van der Waals surface area (Å²) in [6, 6.07) is 7.29. The van der Waals surface area contributed by atoms with E-state index >= 15 is 0 Å². The molecular weight excluding hydrogens is 360 g/mol. The van der Waals surface area contributed by atoms with E-state index in [4.69, 9.17) is 16.3 Å². The van der Waals surface area contributed by atoms with Crippen LogP contribution in [0, 0.1) is 0 Å². The first-order valence-corrected chi connectivity index (χ1v) is 9.92. The summed E-state index contributed by atoms with van der Waals surface area (Å²) in [5.41, 5.74) is 0.647. The molecule has 1 spiro atoms. The van der Waals surface area contributed by atoms with E-state index in [1.165, 1.54) is 0 Å². The Labute approximate surface area is 157 Å². The number of hydrogen-bond acceptors (Lipinski definition) is 4. The molecule has 0 radical (unpaired) electrons. The smallest absolute Gasteiger partial charge is 0.255 e. The number of hydrogen-bond donors (Lipinski definition) is 0. The molecule has 3 rings (SSSR count). The van der Waals surface area contributed by atoms with Crippen LogP contribution >= 0.6 is 23.4 Å². The number of piperidine rings is 1. The number of carbonyl (C=O) groups is 2. The van der Waals surface area contributed by atoms with Crippen molar-refractivity contribution in [2.45, 2.75) is 30.0 Å². The predicted octanol–water partition coefficient (Wildman–Crippen LogP) is 2.83. The number of carbonyl (C=O) groups excluding carboxylic acids is 2. The maximum absolute atomic E-state index is 13.1. The highest BCUT2D eigenvalue weighted by molar-refractivity contribution is 8.00. The predicted molar refractivity (Wildman–Crippen MR) is 100 cm³/mol. The van der Waals surface area contributed by atoms with Crippen molar-refractivity contribution in [3.05, 3.63) is 29.8 Å². The number of likely N-dealkylation sites (tertiary alicyclic amines) is 1. The van der Waals surface area contributed by atoms with Crippen LogP contribution in [0.3, 0.4) is 0 Å². The number of nitrogens with zero attached hydrogens (tertiary/aromatic N) is 2. The van der Waals surface area contributed by atoms with Crippen molar-refractivity contribution in [1.82, 2.24) is 9.80 Å². The van der Waals surface area contributed by atoms with Crippen LogP contribution < -0.4 is 4.74 Å². The molecule has 25 heavy (non-hydrogen) atoms. The van der Waals surface area contributed by atoms with Crippen LogP contribution in [0.15, 0.2) is 24.3 Å². The van der Waals surface area contributed by atoms with Gasteiger partial charge in [0.2, 0.25) is 5.91 Å². The van der Waals surface area contributed by atoms with Gasteiger partial charge in [0.15, 0.2) is 0 Å². The minimum Gasteiger partial charge on any atom is -0.497 e. The SMILES string of the molecule is COc1cccc(C(=O)N2CCSC23CCN(C(=O)[C@H](C)Cl)CC3)c1. The Bertz CT molecular complexity index is 659. The average Bonchev–Trinajstić information content (AvgIpc) is 3.04. The van der Waals surface area contributed by atoms with Crippen LogP contribution in [0.1, 0.15) is 30.1 Å². The number of benzene rings is 1. The van der Waals surface area contributed by atoms with Crippen LogP contribution in [-0.4, -0.2) is 64.4 Å². The number of thioether (sulfide) groups is 1. The normalized spacial score (nSPS) is 20.6. The van der Waals surface area contributed by atoms with Crippen molar-refractivity contribution >= 4 is 35.2 Å². The summed E-state index contributed by atoms with van der Waals surface area (Å²) in [6.07, 6.45) is 1.56. The van der Waals surface area contributed by atoms with Crippen molar-refractivity contribution in [2.75, 3.05) is 32.5 Å². The van der Waals surface area contributed by atoms with Crippen LogP contribution in [0.4, 0.5) is 0 Å². The number of rotatable bonds is 3. The van der Waals surface area contributed by atoms with Gasteiger partial charge in [-0.05, 0) is 38.0 Å². The summed E-state index contributed by atoms with van der Waals surface area (Å²) in [6.45, 7) is 3.73. The summed E-state index contributed by atoms with van der Waals surface area (Å²) >= 11 is 7.76. The zero-order valence-electron chi connectivity index (χ0n) is 14.5. The van der Waals surface area contributed by atoms with E-state index in [2.05, 4.69) is 0 Å². The van der Waals surface area contributed by atoms with Gasteiger partial charge in [0.1, 0.15) is 11.1 Å². The van der Waals surface area contributed by atoms with Gasteiger partial charge in [-0.1, -0.05) is 6.07 Å². The lowest BCUT2D eigenvalue weighted by atomic mass is 10.0. The van der Waals surface area contributed by atoms with E-state index in [1.807, 2.05) is 39.8 Å². The van der Waals surface area contributed by atoms with Crippen molar-refractivity contribution in [1.29, 1.82) is 0 Å². The first-order chi connectivity index (χ1) is 12.0. The van der Waals surface area contributed by atoms with E-state index < -0.39 is 5.38 Å². The largest absolute Gasteiger partial charge is 0.497 e. The lowest BCUT2D eigenvalue weighted by Crippen LogP contribution is -2.54. The van der Waals surface area contributed by atoms with Crippen LogP contribution in [0.25, 0.3) is 0 Å². The van der Waals surface area contributed by atoms with Crippen LogP contribution in [0.2, 0.25) is 0 Å². The minimum atomic E-state index is -0.500. The molecule has 2 aliphatic rings. The first-order valence-electron chi connectivity index (χ1n) is 8.50. The summed E-state index contributed by atoms with van der Waals surface area (Å²) < 4.78 is 5.23. The van der Waals surface area contributed by atoms with E-state index in [0.717, 1.165) is 25.1 Å². The molecule has 2 fully saturated rings.